The summed E-state index contributed by atoms with van der Waals surface area (Å²) in [5.41, 5.74) is 2.15. The molecule has 0 unspecified atom stereocenters. The van der Waals surface area contributed by atoms with Crippen LogP contribution in [0.15, 0.2) is 83.3 Å². The third-order valence-electron chi connectivity index (χ3n) is 4.76. The first-order chi connectivity index (χ1) is 15.7. The molecule has 2 amide bonds. The average molecular weight is 430 g/mol. The van der Waals surface area contributed by atoms with E-state index in [4.69, 9.17) is 13.9 Å². The minimum atomic E-state index is -0.638. The predicted molar refractivity (Wildman–Crippen MR) is 120 cm³/mol. The number of rotatable bonds is 7. The van der Waals surface area contributed by atoms with Crippen LogP contribution in [0.4, 0.5) is 10.5 Å². The van der Waals surface area contributed by atoms with Gasteiger partial charge in [0, 0.05) is 17.3 Å². The molecule has 1 atom stereocenters. The SMILES string of the molecule is COc1ccc(NC(=O)N[C@H](c2ccccc2)c2nnc(-c3ccccc3)o2)cc1OC. The summed E-state index contributed by atoms with van der Waals surface area (Å²) in [6.07, 6.45) is 0. The number of carbonyl (C=O) groups excluding carboxylic acids is 1. The van der Waals surface area contributed by atoms with Gasteiger partial charge in [0.05, 0.1) is 14.2 Å². The van der Waals surface area contributed by atoms with Gasteiger partial charge in [0.15, 0.2) is 11.5 Å². The minimum Gasteiger partial charge on any atom is -0.493 e. The number of benzene rings is 3. The van der Waals surface area contributed by atoms with E-state index in [1.165, 1.54) is 7.11 Å². The number of nitrogens with zero attached hydrogens (tertiary/aromatic N) is 2. The van der Waals surface area contributed by atoms with Crippen molar-refractivity contribution in [3.05, 3.63) is 90.3 Å². The molecule has 0 aliphatic heterocycles. The Balaban J connectivity index is 1.57. The van der Waals surface area contributed by atoms with Crippen LogP contribution in [-0.2, 0) is 0 Å². The summed E-state index contributed by atoms with van der Waals surface area (Å²) < 4.78 is 16.4. The zero-order valence-electron chi connectivity index (χ0n) is 17.6. The largest absolute Gasteiger partial charge is 0.493 e. The van der Waals surface area contributed by atoms with E-state index in [0.29, 0.717) is 23.1 Å². The van der Waals surface area contributed by atoms with Crippen molar-refractivity contribution in [1.82, 2.24) is 15.5 Å². The molecule has 32 heavy (non-hydrogen) atoms. The third-order valence-corrected chi connectivity index (χ3v) is 4.76. The van der Waals surface area contributed by atoms with Crippen LogP contribution in [-0.4, -0.2) is 30.4 Å². The topological polar surface area (TPSA) is 98.5 Å². The van der Waals surface area contributed by atoms with Crippen molar-refractivity contribution >= 4 is 11.7 Å². The molecular weight excluding hydrogens is 408 g/mol. The lowest BCUT2D eigenvalue weighted by molar-refractivity contribution is 0.248. The Morgan fingerprint density at radius 2 is 1.56 bits per heavy atom. The lowest BCUT2D eigenvalue weighted by atomic mass is 10.1. The van der Waals surface area contributed by atoms with E-state index in [1.54, 1.807) is 25.3 Å². The van der Waals surface area contributed by atoms with Crippen LogP contribution in [0.1, 0.15) is 17.5 Å². The first-order valence-corrected chi connectivity index (χ1v) is 9.91. The van der Waals surface area contributed by atoms with Gasteiger partial charge in [-0.25, -0.2) is 4.79 Å². The molecule has 1 heterocycles. The molecule has 4 aromatic rings. The molecule has 8 nitrogen and oxygen atoms in total. The lowest BCUT2D eigenvalue weighted by Crippen LogP contribution is -2.33. The summed E-state index contributed by atoms with van der Waals surface area (Å²) in [5.74, 6) is 1.73. The highest BCUT2D eigenvalue weighted by molar-refractivity contribution is 5.90. The Morgan fingerprint density at radius 3 is 2.25 bits per heavy atom. The summed E-state index contributed by atoms with van der Waals surface area (Å²) in [6.45, 7) is 0. The number of ether oxygens (including phenoxy) is 2. The molecular formula is C24H22N4O4. The van der Waals surface area contributed by atoms with Gasteiger partial charge in [0.25, 0.3) is 0 Å². The highest BCUT2D eigenvalue weighted by atomic mass is 16.5. The van der Waals surface area contributed by atoms with Crippen LogP contribution in [0.2, 0.25) is 0 Å². The second-order valence-electron chi connectivity index (χ2n) is 6.82. The van der Waals surface area contributed by atoms with E-state index in [-0.39, 0.29) is 5.89 Å². The maximum Gasteiger partial charge on any atom is 0.320 e. The van der Waals surface area contributed by atoms with Crippen molar-refractivity contribution in [3.63, 3.8) is 0 Å². The number of urea groups is 1. The van der Waals surface area contributed by atoms with Gasteiger partial charge in [-0.2, -0.15) is 0 Å². The van der Waals surface area contributed by atoms with Gasteiger partial charge >= 0.3 is 6.03 Å². The summed E-state index contributed by atoms with van der Waals surface area (Å²) in [7, 11) is 3.09. The molecule has 3 aromatic carbocycles. The summed E-state index contributed by atoms with van der Waals surface area (Å²) in [4.78, 5) is 12.8. The number of carbonyl (C=O) groups is 1. The van der Waals surface area contributed by atoms with E-state index in [9.17, 15) is 4.79 Å². The molecule has 1 aromatic heterocycles. The molecule has 162 valence electrons. The van der Waals surface area contributed by atoms with Gasteiger partial charge in [-0.3, -0.25) is 0 Å². The Bertz CT molecular complexity index is 1180. The average Bonchev–Trinajstić information content (AvgIpc) is 3.33. The molecule has 2 N–H and O–H groups in total. The highest BCUT2D eigenvalue weighted by Crippen LogP contribution is 2.30. The van der Waals surface area contributed by atoms with E-state index < -0.39 is 12.1 Å². The molecule has 0 saturated heterocycles. The van der Waals surface area contributed by atoms with Crippen molar-refractivity contribution < 1.29 is 18.7 Å². The molecule has 0 saturated carbocycles. The van der Waals surface area contributed by atoms with Crippen LogP contribution < -0.4 is 20.1 Å². The fraction of sp³-hybridized carbons (Fsp3) is 0.125. The number of hydrogen-bond donors (Lipinski definition) is 2. The van der Waals surface area contributed by atoms with Gasteiger partial charge in [0.1, 0.15) is 6.04 Å². The van der Waals surface area contributed by atoms with Crippen molar-refractivity contribution in [3.8, 4) is 23.0 Å². The minimum absolute atomic E-state index is 0.275. The van der Waals surface area contributed by atoms with Crippen molar-refractivity contribution in [2.75, 3.05) is 19.5 Å². The van der Waals surface area contributed by atoms with E-state index in [1.807, 2.05) is 60.7 Å². The standard InChI is InChI=1S/C24H22N4O4/c1-30-19-14-13-18(15-20(19)31-2)25-24(29)26-21(16-9-5-3-6-10-16)23-28-27-22(32-23)17-11-7-4-8-12-17/h3-15,21H,1-2H3,(H2,25,26,29)/t21-/m1/s1. The number of methoxy groups -OCH3 is 2. The third kappa shape index (κ3) is 4.70. The summed E-state index contributed by atoms with van der Waals surface area (Å²) in [6, 6.07) is 22.9. The number of anilines is 1. The fourth-order valence-electron chi connectivity index (χ4n) is 3.19. The molecule has 4 rings (SSSR count). The normalized spacial score (nSPS) is 11.4. The van der Waals surface area contributed by atoms with E-state index >= 15 is 0 Å². The molecule has 0 radical (unpaired) electrons. The first-order valence-electron chi connectivity index (χ1n) is 9.91. The molecule has 0 aliphatic rings. The second-order valence-corrected chi connectivity index (χ2v) is 6.82. The first kappa shape index (κ1) is 20.9. The zero-order chi connectivity index (χ0) is 22.3. The van der Waals surface area contributed by atoms with Crippen LogP contribution in [0, 0.1) is 0 Å². The molecule has 0 bridgehead atoms. The number of hydrogen-bond acceptors (Lipinski definition) is 6. The van der Waals surface area contributed by atoms with Gasteiger partial charge in [0.2, 0.25) is 11.8 Å². The maximum atomic E-state index is 12.8. The molecule has 0 fully saturated rings. The monoisotopic (exact) mass is 430 g/mol. The van der Waals surface area contributed by atoms with Crippen LogP contribution in [0.25, 0.3) is 11.5 Å². The summed E-state index contributed by atoms with van der Waals surface area (Å²) in [5, 5.41) is 14.0. The Labute approximate surface area is 185 Å². The van der Waals surface area contributed by atoms with Crippen molar-refractivity contribution in [2.45, 2.75) is 6.04 Å². The zero-order valence-corrected chi connectivity index (χ0v) is 17.6. The summed E-state index contributed by atoms with van der Waals surface area (Å²) >= 11 is 0. The van der Waals surface area contributed by atoms with Crippen LogP contribution >= 0.6 is 0 Å². The maximum absolute atomic E-state index is 12.8. The van der Waals surface area contributed by atoms with Crippen molar-refractivity contribution in [2.24, 2.45) is 0 Å². The Kier molecular flexibility index (Phi) is 6.31. The Hall–Kier alpha value is -4.33. The smallest absolute Gasteiger partial charge is 0.320 e. The van der Waals surface area contributed by atoms with E-state index in [2.05, 4.69) is 20.8 Å². The second kappa shape index (κ2) is 9.65. The van der Waals surface area contributed by atoms with Gasteiger partial charge in [-0.1, -0.05) is 48.5 Å². The van der Waals surface area contributed by atoms with Gasteiger partial charge in [-0.05, 0) is 29.8 Å². The molecule has 8 heteroatoms. The fourth-order valence-corrected chi connectivity index (χ4v) is 3.19. The van der Waals surface area contributed by atoms with Crippen LogP contribution in [0.3, 0.4) is 0 Å². The lowest BCUT2D eigenvalue weighted by Gasteiger charge is -2.17. The number of amides is 2. The molecule has 0 spiro atoms. The van der Waals surface area contributed by atoms with Crippen molar-refractivity contribution in [1.29, 1.82) is 0 Å². The predicted octanol–water partition coefficient (Wildman–Crippen LogP) is 4.66. The number of nitrogens with one attached hydrogen (secondary N) is 2. The molecule has 0 aliphatic carbocycles. The Morgan fingerprint density at radius 1 is 0.875 bits per heavy atom. The number of aromatic nitrogens is 2. The van der Waals surface area contributed by atoms with E-state index in [0.717, 1.165) is 11.1 Å². The highest BCUT2D eigenvalue weighted by Gasteiger charge is 2.23. The van der Waals surface area contributed by atoms with Crippen LogP contribution in [0.5, 0.6) is 11.5 Å². The van der Waals surface area contributed by atoms with Gasteiger partial charge < -0.3 is 24.5 Å². The van der Waals surface area contributed by atoms with Gasteiger partial charge in [-0.15, -0.1) is 10.2 Å². The quantitative estimate of drug-likeness (QED) is 0.442.